The van der Waals surface area contributed by atoms with E-state index in [1.54, 1.807) is 29.1 Å². The Balaban J connectivity index is 2.09. The van der Waals surface area contributed by atoms with E-state index in [1.165, 1.54) is 12.4 Å². The number of carboxylic acids is 1. The Bertz CT molecular complexity index is 829. The molecule has 0 spiro atoms. The lowest BCUT2D eigenvalue weighted by Gasteiger charge is -2.06. The van der Waals surface area contributed by atoms with Crippen molar-refractivity contribution in [3.8, 4) is 5.69 Å². The molecule has 8 heteroatoms. The SMILES string of the molecule is NCCNc1ncnc2c1cnn2-c1cccc(C(=O)O)c1. The van der Waals surface area contributed by atoms with Gasteiger partial charge in [0.25, 0.3) is 0 Å². The number of carboxylic acid groups (broad SMARTS) is 1. The van der Waals surface area contributed by atoms with Gasteiger partial charge in [-0.25, -0.2) is 19.4 Å². The third kappa shape index (κ3) is 2.47. The average Bonchev–Trinajstić information content (AvgIpc) is 2.97. The van der Waals surface area contributed by atoms with E-state index < -0.39 is 5.97 Å². The molecule has 0 saturated carbocycles. The molecule has 4 N–H and O–H groups in total. The zero-order valence-electron chi connectivity index (χ0n) is 11.6. The monoisotopic (exact) mass is 298 g/mol. The van der Waals surface area contributed by atoms with Gasteiger partial charge in [-0.3, -0.25) is 0 Å². The third-order valence-corrected chi connectivity index (χ3v) is 3.14. The van der Waals surface area contributed by atoms with E-state index in [-0.39, 0.29) is 5.56 Å². The molecule has 0 fully saturated rings. The second kappa shape index (κ2) is 5.78. The lowest BCUT2D eigenvalue weighted by Crippen LogP contribution is -2.14. The van der Waals surface area contributed by atoms with Crippen molar-refractivity contribution in [1.82, 2.24) is 19.7 Å². The maximum absolute atomic E-state index is 11.1. The van der Waals surface area contributed by atoms with Crippen molar-refractivity contribution < 1.29 is 9.90 Å². The number of hydrogen-bond acceptors (Lipinski definition) is 6. The molecule has 0 aliphatic heterocycles. The molecule has 0 aliphatic carbocycles. The first-order valence-electron chi connectivity index (χ1n) is 6.67. The summed E-state index contributed by atoms with van der Waals surface area (Å²) < 4.78 is 1.58. The molecule has 2 heterocycles. The minimum atomic E-state index is -0.988. The molecule has 112 valence electrons. The molecule has 0 bridgehead atoms. The number of carbonyl (C=O) groups is 1. The lowest BCUT2D eigenvalue weighted by atomic mass is 10.2. The van der Waals surface area contributed by atoms with Crippen LogP contribution in [0.5, 0.6) is 0 Å². The molecule has 2 aromatic heterocycles. The molecule has 1 aromatic carbocycles. The van der Waals surface area contributed by atoms with Gasteiger partial charge >= 0.3 is 5.97 Å². The van der Waals surface area contributed by atoms with Gasteiger partial charge in [0.05, 0.1) is 22.8 Å². The molecular formula is C14H14N6O2. The van der Waals surface area contributed by atoms with Crippen molar-refractivity contribution >= 4 is 22.8 Å². The highest BCUT2D eigenvalue weighted by molar-refractivity contribution is 5.89. The highest BCUT2D eigenvalue weighted by atomic mass is 16.4. The van der Waals surface area contributed by atoms with Crippen LogP contribution in [0.15, 0.2) is 36.8 Å². The van der Waals surface area contributed by atoms with Crippen LogP contribution >= 0.6 is 0 Å². The van der Waals surface area contributed by atoms with Gasteiger partial charge in [-0.15, -0.1) is 0 Å². The van der Waals surface area contributed by atoms with E-state index >= 15 is 0 Å². The molecule has 3 aromatic rings. The van der Waals surface area contributed by atoms with Gasteiger partial charge in [0.1, 0.15) is 12.1 Å². The maximum atomic E-state index is 11.1. The van der Waals surface area contributed by atoms with Crippen molar-refractivity contribution in [2.45, 2.75) is 0 Å². The number of fused-ring (bicyclic) bond motifs is 1. The maximum Gasteiger partial charge on any atom is 0.335 e. The lowest BCUT2D eigenvalue weighted by molar-refractivity contribution is 0.0697. The van der Waals surface area contributed by atoms with Crippen molar-refractivity contribution in [1.29, 1.82) is 0 Å². The molecule has 0 radical (unpaired) electrons. The van der Waals surface area contributed by atoms with E-state index in [4.69, 9.17) is 10.8 Å². The summed E-state index contributed by atoms with van der Waals surface area (Å²) in [6.45, 7) is 1.08. The average molecular weight is 298 g/mol. The smallest absolute Gasteiger partial charge is 0.335 e. The molecule has 0 atom stereocenters. The number of aromatic nitrogens is 4. The van der Waals surface area contributed by atoms with Crippen LogP contribution < -0.4 is 11.1 Å². The van der Waals surface area contributed by atoms with Crippen molar-refractivity contribution in [3.63, 3.8) is 0 Å². The highest BCUT2D eigenvalue weighted by Gasteiger charge is 2.12. The summed E-state index contributed by atoms with van der Waals surface area (Å²) in [6.07, 6.45) is 3.07. The molecule has 22 heavy (non-hydrogen) atoms. The first-order chi connectivity index (χ1) is 10.7. The fourth-order valence-corrected chi connectivity index (χ4v) is 2.14. The van der Waals surface area contributed by atoms with Crippen LogP contribution in [0, 0.1) is 0 Å². The fourth-order valence-electron chi connectivity index (χ4n) is 2.14. The second-order valence-corrected chi connectivity index (χ2v) is 4.59. The quantitative estimate of drug-likeness (QED) is 0.639. The van der Waals surface area contributed by atoms with E-state index in [2.05, 4.69) is 20.4 Å². The predicted octanol–water partition coefficient (Wildman–Crippen LogP) is 0.884. The molecule has 0 aliphatic rings. The van der Waals surface area contributed by atoms with Crippen LogP contribution in [0.4, 0.5) is 5.82 Å². The topological polar surface area (TPSA) is 119 Å². The largest absolute Gasteiger partial charge is 0.478 e. The van der Waals surface area contributed by atoms with Gasteiger partial charge in [-0.1, -0.05) is 6.07 Å². The molecule has 8 nitrogen and oxygen atoms in total. The number of rotatable bonds is 5. The number of anilines is 1. The first kappa shape index (κ1) is 14.0. The van der Waals surface area contributed by atoms with Crippen LogP contribution in [-0.4, -0.2) is 43.9 Å². The summed E-state index contributed by atoms with van der Waals surface area (Å²) in [4.78, 5) is 19.5. The molecule has 0 unspecified atom stereocenters. The van der Waals surface area contributed by atoms with E-state index in [0.29, 0.717) is 30.2 Å². The summed E-state index contributed by atoms with van der Waals surface area (Å²) in [5, 5.41) is 17.2. The summed E-state index contributed by atoms with van der Waals surface area (Å²) >= 11 is 0. The number of hydrogen-bond donors (Lipinski definition) is 3. The van der Waals surface area contributed by atoms with Crippen LogP contribution in [0.3, 0.4) is 0 Å². The Hall–Kier alpha value is -3.00. The summed E-state index contributed by atoms with van der Waals surface area (Å²) in [5.74, 6) is -0.339. The number of nitrogens with zero attached hydrogens (tertiary/aromatic N) is 4. The van der Waals surface area contributed by atoms with Gasteiger partial charge < -0.3 is 16.2 Å². The Morgan fingerprint density at radius 3 is 3.00 bits per heavy atom. The normalized spacial score (nSPS) is 10.8. The molecular weight excluding hydrogens is 284 g/mol. The van der Waals surface area contributed by atoms with E-state index in [0.717, 1.165) is 5.39 Å². The van der Waals surface area contributed by atoms with Gasteiger partial charge in [0.2, 0.25) is 0 Å². The van der Waals surface area contributed by atoms with Crippen LogP contribution in [0.25, 0.3) is 16.7 Å². The van der Waals surface area contributed by atoms with Crippen LogP contribution in [0.1, 0.15) is 10.4 Å². The minimum Gasteiger partial charge on any atom is -0.478 e. The molecule has 0 amide bonds. The van der Waals surface area contributed by atoms with Crippen molar-refractivity contribution in [2.75, 3.05) is 18.4 Å². The fraction of sp³-hybridized carbons (Fsp3) is 0.143. The third-order valence-electron chi connectivity index (χ3n) is 3.14. The Labute approximate surface area is 125 Å². The van der Waals surface area contributed by atoms with Crippen molar-refractivity contribution in [2.24, 2.45) is 5.73 Å². The summed E-state index contributed by atoms with van der Waals surface area (Å²) in [5.41, 5.74) is 6.89. The van der Waals surface area contributed by atoms with Gasteiger partial charge in [0, 0.05) is 13.1 Å². The Kier molecular flexibility index (Phi) is 3.67. The van der Waals surface area contributed by atoms with Crippen molar-refractivity contribution in [3.05, 3.63) is 42.4 Å². The molecule has 3 rings (SSSR count). The summed E-state index contributed by atoms with van der Waals surface area (Å²) in [7, 11) is 0. The number of nitrogens with two attached hydrogens (primary N) is 1. The summed E-state index contributed by atoms with van der Waals surface area (Å²) in [6, 6.07) is 6.51. The predicted molar refractivity (Wildman–Crippen MR) is 81.2 cm³/mol. The number of nitrogens with one attached hydrogen (secondary N) is 1. The van der Waals surface area contributed by atoms with Gasteiger partial charge in [0.15, 0.2) is 5.65 Å². The first-order valence-corrected chi connectivity index (χ1v) is 6.67. The Morgan fingerprint density at radius 1 is 1.36 bits per heavy atom. The van der Waals surface area contributed by atoms with Crippen LogP contribution in [-0.2, 0) is 0 Å². The van der Waals surface area contributed by atoms with Gasteiger partial charge in [-0.2, -0.15) is 5.10 Å². The number of benzene rings is 1. The zero-order valence-corrected chi connectivity index (χ0v) is 11.6. The highest BCUT2D eigenvalue weighted by Crippen LogP contribution is 2.21. The van der Waals surface area contributed by atoms with E-state index in [9.17, 15) is 4.79 Å². The molecule has 0 saturated heterocycles. The second-order valence-electron chi connectivity index (χ2n) is 4.59. The van der Waals surface area contributed by atoms with Crippen LogP contribution in [0.2, 0.25) is 0 Å². The number of aromatic carboxylic acids is 1. The van der Waals surface area contributed by atoms with E-state index in [1.807, 2.05) is 0 Å². The Morgan fingerprint density at radius 2 is 2.23 bits per heavy atom. The standard InChI is InChI=1S/C14H14N6O2/c15-4-5-16-12-11-7-19-20(13(11)18-8-17-12)10-3-1-2-9(6-10)14(21)22/h1-3,6-8H,4-5,15H2,(H,21,22)(H,16,17,18). The minimum absolute atomic E-state index is 0.191. The zero-order chi connectivity index (χ0) is 15.5. The van der Waals surface area contributed by atoms with Gasteiger partial charge in [-0.05, 0) is 18.2 Å².